The molecule has 2 aliphatic rings. The van der Waals surface area contributed by atoms with E-state index >= 15 is 0 Å². The Balaban J connectivity index is 1.31. The number of aromatic nitrogens is 2. The summed E-state index contributed by atoms with van der Waals surface area (Å²) in [6, 6.07) is 10.1. The SMILES string of the molecule is O=C(CCc1cnn(-c2ccccc2)c1)N1CC[C@@H]2CNC[C@@H]2CC1. The number of carbonyl (C=O) groups excluding carboxylic acids is 1. The van der Waals surface area contributed by atoms with Crippen molar-refractivity contribution in [3.05, 3.63) is 48.3 Å². The maximum Gasteiger partial charge on any atom is 0.222 e. The Bertz CT molecular complexity index is 697. The molecule has 4 rings (SSSR count). The van der Waals surface area contributed by atoms with Gasteiger partial charge >= 0.3 is 0 Å². The average molecular weight is 338 g/mol. The molecule has 2 atom stereocenters. The van der Waals surface area contributed by atoms with E-state index in [-0.39, 0.29) is 0 Å². The van der Waals surface area contributed by atoms with Crippen LogP contribution in [0.5, 0.6) is 0 Å². The predicted molar refractivity (Wildman–Crippen MR) is 97.5 cm³/mol. The molecule has 1 aromatic heterocycles. The van der Waals surface area contributed by atoms with Crippen LogP contribution < -0.4 is 5.32 Å². The number of amides is 1. The quantitative estimate of drug-likeness (QED) is 0.930. The number of nitrogens with zero attached hydrogens (tertiary/aromatic N) is 3. The van der Waals surface area contributed by atoms with E-state index in [4.69, 9.17) is 0 Å². The molecule has 0 aliphatic carbocycles. The first kappa shape index (κ1) is 16.3. The number of hydrogen-bond donors (Lipinski definition) is 1. The van der Waals surface area contributed by atoms with E-state index < -0.39 is 0 Å². The van der Waals surface area contributed by atoms with Crippen molar-refractivity contribution >= 4 is 5.91 Å². The highest BCUT2D eigenvalue weighted by Gasteiger charge is 2.31. The Hall–Kier alpha value is -2.14. The average Bonchev–Trinajstić information content (AvgIpc) is 3.26. The van der Waals surface area contributed by atoms with E-state index in [2.05, 4.69) is 15.3 Å². The zero-order valence-corrected chi connectivity index (χ0v) is 14.6. The van der Waals surface area contributed by atoms with E-state index in [1.807, 2.05) is 47.4 Å². The number of aryl methyl sites for hydroxylation is 1. The van der Waals surface area contributed by atoms with Crippen LogP contribution in [0.1, 0.15) is 24.8 Å². The van der Waals surface area contributed by atoms with Gasteiger partial charge in [-0.3, -0.25) is 4.79 Å². The van der Waals surface area contributed by atoms with Gasteiger partial charge in [-0.2, -0.15) is 5.10 Å². The maximum absolute atomic E-state index is 12.6. The minimum atomic E-state index is 0.292. The first-order chi connectivity index (χ1) is 12.3. The van der Waals surface area contributed by atoms with Crippen LogP contribution in [-0.2, 0) is 11.2 Å². The fourth-order valence-electron chi connectivity index (χ4n) is 4.09. The molecule has 0 unspecified atom stereocenters. The lowest BCUT2D eigenvalue weighted by molar-refractivity contribution is -0.131. The Kier molecular flexibility index (Phi) is 4.83. The fraction of sp³-hybridized carbons (Fsp3) is 0.500. The lowest BCUT2D eigenvalue weighted by Gasteiger charge is -2.20. The topological polar surface area (TPSA) is 50.2 Å². The van der Waals surface area contributed by atoms with Gasteiger partial charge in [0.15, 0.2) is 0 Å². The van der Waals surface area contributed by atoms with Crippen LogP contribution in [0.25, 0.3) is 5.69 Å². The molecule has 25 heavy (non-hydrogen) atoms. The second-order valence-corrected chi connectivity index (χ2v) is 7.27. The molecule has 2 aliphatic heterocycles. The van der Waals surface area contributed by atoms with E-state index in [1.54, 1.807) is 0 Å². The summed E-state index contributed by atoms with van der Waals surface area (Å²) >= 11 is 0. The lowest BCUT2D eigenvalue weighted by atomic mass is 9.92. The molecule has 5 nitrogen and oxygen atoms in total. The Morgan fingerprint density at radius 1 is 1.12 bits per heavy atom. The van der Waals surface area contributed by atoms with Gasteiger partial charge in [0.1, 0.15) is 0 Å². The standard InChI is InChI=1S/C20H26N4O/c25-20(23-10-8-17-13-21-14-18(17)9-11-23)7-6-16-12-22-24(15-16)19-4-2-1-3-5-19/h1-5,12,15,17-18,21H,6-11,13-14H2/t17-,18+. The van der Waals surface area contributed by atoms with E-state index in [0.717, 1.165) is 68.5 Å². The molecule has 0 bridgehead atoms. The van der Waals surface area contributed by atoms with Gasteiger partial charge in [0.05, 0.1) is 11.9 Å². The highest BCUT2D eigenvalue weighted by atomic mass is 16.2. The molecule has 132 valence electrons. The molecule has 3 heterocycles. The van der Waals surface area contributed by atoms with E-state index in [1.165, 1.54) is 0 Å². The van der Waals surface area contributed by atoms with Gasteiger partial charge in [-0.25, -0.2) is 4.68 Å². The normalized spacial score (nSPS) is 23.3. The van der Waals surface area contributed by atoms with Gasteiger partial charge in [0.2, 0.25) is 5.91 Å². The monoisotopic (exact) mass is 338 g/mol. The molecule has 2 fully saturated rings. The van der Waals surface area contributed by atoms with Gasteiger partial charge in [0.25, 0.3) is 0 Å². The molecule has 5 heteroatoms. The second kappa shape index (κ2) is 7.40. The summed E-state index contributed by atoms with van der Waals surface area (Å²) in [5, 5.41) is 7.90. The van der Waals surface area contributed by atoms with Crippen molar-refractivity contribution in [2.45, 2.75) is 25.7 Å². The molecule has 1 aromatic carbocycles. The third kappa shape index (κ3) is 3.76. The third-order valence-electron chi connectivity index (χ3n) is 5.66. The Morgan fingerprint density at radius 3 is 2.56 bits per heavy atom. The summed E-state index contributed by atoms with van der Waals surface area (Å²) in [6.07, 6.45) is 7.54. The highest BCUT2D eigenvalue weighted by Crippen LogP contribution is 2.27. The van der Waals surface area contributed by atoms with Crippen LogP contribution in [0, 0.1) is 11.8 Å². The van der Waals surface area contributed by atoms with E-state index in [0.29, 0.717) is 12.3 Å². The Morgan fingerprint density at radius 2 is 1.84 bits per heavy atom. The fourth-order valence-corrected chi connectivity index (χ4v) is 4.09. The summed E-state index contributed by atoms with van der Waals surface area (Å²) in [5.41, 5.74) is 2.17. The van der Waals surface area contributed by atoms with Crippen LogP contribution >= 0.6 is 0 Å². The largest absolute Gasteiger partial charge is 0.343 e. The van der Waals surface area contributed by atoms with Crippen LogP contribution in [0.2, 0.25) is 0 Å². The van der Waals surface area contributed by atoms with Gasteiger partial charge in [-0.05, 0) is 61.9 Å². The lowest BCUT2D eigenvalue weighted by Crippen LogP contribution is -2.32. The minimum absolute atomic E-state index is 0.292. The van der Waals surface area contributed by atoms with Crippen molar-refractivity contribution in [3.8, 4) is 5.69 Å². The van der Waals surface area contributed by atoms with Crippen molar-refractivity contribution in [2.24, 2.45) is 11.8 Å². The van der Waals surface area contributed by atoms with Crippen molar-refractivity contribution in [1.29, 1.82) is 0 Å². The number of carbonyl (C=O) groups is 1. The zero-order valence-electron chi connectivity index (χ0n) is 14.6. The van der Waals surface area contributed by atoms with Crippen LogP contribution in [0.3, 0.4) is 0 Å². The number of nitrogens with one attached hydrogen (secondary N) is 1. The first-order valence-corrected chi connectivity index (χ1v) is 9.37. The summed E-state index contributed by atoms with van der Waals surface area (Å²) < 4.78 is 1.87. The third-order valence-corrected chi connectivity index (χ3v) is 5.66. The molecular weight excluding hydrogens is 312 g/mol. The van der Waals surface area contributed by atoms with Gasteiger partial charge in [-0.1, -0.05) is 18.2 Å². The predicted octanol–water partition coefficient (Wildman–Crippen LogP) is 2.26. The summed E-state index contributed by atoms with van der Waals surface area (Å²) in [6.45, 7) is 4.10. The maximum atomic E-state index is 12.6. The first-order valence-electron chi connectivity index (χ1n) is 9.37. The van der Waals surface area contributed by atoms with Crippen LogP contribution in [0.4, 0.5) is 0 Å². The number of para-hydroxylation sites is 1. The molecule has 0 spiro atoms. The summed E-state index contributed by atoms with van der Waals surface area (Å²) in [5.74, 6) is 1.82. The molecule has 1 amide bonds. The van der Waals surface area contributed by atoms with Crippen molar-refractivity contribution in [2.75, 3.05) is 26.2 Å². The summed E-state index contributed by atoms with van der Waals surface area (Å²) in [7, 11) is 0. The molecular formula is C20H26N4O. The van der Waals surface area contributed by atoms with Gasteiger partial charge in [-0.15, -0.1) is 0 Å². The number of fused-ring (bicyclic) bond motifs is 1. The number of hydrogen-bond acceptors (Lipinski definition) is 3. The van der Waals surface area contributed by atoms with Gasteiger partial charge in [0, 0.05) is 25.7 Å². The minimum Gasteiger partial charge on any atom is -0.343 e. The molecule has 1 N–H and O–H groups in total. The van der Waals surface area contributed by atoms with Crippen LogP contribution in [-0.4, -0.2) is 46.8 Å². The zero-order chi connectivity index (χ0) is 17.1. The molecule has 0 saturated carbocycles. The smallest absolute Gasteiger partial charge is 0.222 e. The van der Waals surface area contributed by atoms with Crippen molar-refractivity contribution in [3.63, 3.8) is 0 Å². The number of likely N-dealkylation sites (tertiary alicyclic amines) is 1. The molecule has 2 saturated heterocycles. The highest BCUT2D eigenvalue weighted by molar-refractivity contribution is 5.76. The summed E-state index contributed by atoms with van der Waals surface area (Å²) in [4.78, 5) is 14.7. The van der Waals surface area contributed by atoms with Gasteiger partial charge < -0.3 is 10.2 Å². The Labute approximate surface area is 149 Å². The van der Waals surface area contributed by atoms with Crippen molar-refractivity contribution < 1.29 is 4.79 Å². The second-order valence-electron chi connectivity index (χ2n) is 7.27. The number of rotatable bonds is 4. The molecule has 0 radical (unpaired) electrons. The van der Waals surface area contributed by atoms with Crippen LogP contribution in [0.15, 0.2) is 42.7 Å². The molecule has 2 aromatic rings. The van der Waals surface area contributed by atoms with E-state index in [9.17, 15) is 4.79 Å². The van der Waals surface area contributed by atoms with Crippen molar-refractivity contribution in [1.82, 2.24) is 20.0 Å². The number of benzene rings is 1.